The molecule has 1 aliphatic heterocycles. The second kappa shape index (κ2) is 8.00. The second-order valence-corrected chi connectivity index (χ2v) is 9.67. The number of likely N-dealkylation sites (tertiary alicyclic amines) is 1. The van der Waals surface area contributed by atoms with Crippen LogP contribution in [0, 0.1) is 26.6 Å². The Bertz CT molecular complexity index is 1270. The van der Waals surface area contributed by atoms with Gasteiger partial charge in [-0.25, -0.2) is 12.8 Å². The van der Waals surface area contributed by atoms with E-state index >= 15 is 0 Å². The Labute approximate surface area is 181 Å². The monoisotopic (exact) mass is 444 g/mol. The van der Waals surface area contributed by atoms with Crippen LogP contribution in [0.15, 0.2) is 39.6 Å². The van der Waals surface area contributed by atoms with E-state index in [1.807, 2.05) is 13.0 Å². The minimum atomic E-state index is -4.10. The Hall–Kier alpha value is -2.87. The van der Waals surface area contributed by atoms with Crippen LogP contribution in [0.5, 0.6) is 0 Å². The summed E-state index contributed by atoms with van der Waals surface area (Å²) in [5, 5.41) is 0.586. The van der Waals surface area contributed by atoms with Gasteiger partial charge in [-0.1, -0.05) is 6.07 Å². The minimum Gasteiger partial charge on any atom is -0.449 e. The Morgan fingerprint density at radius 3 is 2.45 bits per heavy atom. The Balaban J connectivity index is 1.85. The van der Waals surface area contributed by atoms with E-state index in [1.54, 1.807) is 18.7 Å². The summed E-state index contributed by atoms with van der Waals surface area (Å²) in [6.45, 7) is 6.61. The number of hydrogen-bond donors (Lipinski definition) is 1. The van der Waals surface area contributed by atoms with Crippen molar-refractivity contribution in [3.8, 4) is 0 Å². The molecular weight excluding hydrogens is 419 g/mol. The first-order chi connectivity index (χ1) is 14.7. The van der Waals surface area contributed by atoms with E-state index in [9.17, 15) is 17.6 Å². The van der Waals surface area contributed by atoms with Gasteiger partial charge < -0.3 is 9.32 Å². The molecule has 1 aliphatic rings. The summed E-state index contributed by atoms with van der Waals surface area (Å²) < 4.78 is 48.6. The summed E-state index contributed by atoms with van der Waals surface area (Å²) >= 11 is 0. The molecule has 8 heteroatoms. The number of anilines is 1. The van der Waals surface area contributed by atoms with Gasteiger partial charge in [-0.05, 0) is 75.4 Å². The van der Waals surface area contributed by atoms with Crippen LogP contribution in [0.3, 0.4) is 0 Å². The summed E-state index contributed by atoms with van der Waals surface area (Å²) in [4.78, 5) is 14.8. The number of hydrogen-bond acceptors (Lipinski definition) is 4. The number of carbonyl (C=O) groups excluding carboxylic acids is 1. The van der Waals surface area contributed by atoms with Crippen molar-refractivity contribution < 1.29 is 22.0 Å². The zero-order chi connectivity index (χ0) is 22.3. The fourth-order valence-electron chi connectivity index (χ4n) is 4.07. The van der Waals surface area contributed by atoms with Gasteiger partial charge in [-0.2, -0.15) is 0 Å². The van der Waals surface area contributed by atoms with E-state index in [0.29, 0.717) is 29.6 Å². The van der Waals surface area contributed by atoms with Crippen molar-refractivity contribution in [2.75, 3.05) is 17.8 Å². The van der Waals surface area contributed by atoms with Crippen LogP contribution in [-0.4, -0.2) is 32.3 Å². The van der Waals surface area contributed by atoms with Gasteiger partial charge in [-0.15, -0.1) is 0 Å². The lowest BCUT2D eigenvalue weighted by Crippen LogP contribution is -2.35. The van der Waals surface area contributed by atoms with E-state index in [2.05, 4.69) is 4.72 Å². The maximum absolute atomic E-state index is 13.6. The standard InChI is InChI=1S/C23H25FN2O4S/c1-14-12-19-16(3)20(23(27)26-10-5-4-6-11-26)30-21(19)22(15(14)2)31(28,29)25-18-9-7-8-17(24)13-18/h7-9,12-13,25H,4-6,10-11H2,1-3H3. The zero-order valence-corrected chi connectivity index (χ0v) is 18.6. The predicted molar refractivity (Wildman–Crippen MR) is 117 cm³/mol. The summed E-state index contributed by atoms with van der Waals surface area (Å²) in [7, 11) is -4.10. The van der Waals surface area contributed by atoms with Crippen molar-refractivity contribution in [3.63, 3.8) is 0 Å². The Kier molecular flexibility index (Phi) is 5.51. The molecule has 0 radical (unpaired) electrons. The van der Waals surface area contributed by atoms with Crippen LogP contribution in [0.25, 0.3) is 11.0 Å². The fourth-order valence-corrected chi connectivity index (χ4v) is 5.57. The molecule has 0 aliphatic carbocycles. The summed E-state index contributed by atoms with van der Waals surface area (Å²) in [6, 6.07) is 7.10. The number of furan rings is 1. The van der Waals surface area contributed by atoms with Crippen LogP contribution >= 0.6 is 0 Å². The molecule has 2 aromatic carbocycles. The van der Waals surface area contributed by atoms with Gasteiger partial charge in [0, 0.05) is 24.0 Å². The highest BCUT2D eigenvalue weighted by molar-refractivity contribution is 7.93. The van der Waals surface area contributed by atoms with Crippen molar-refractivity contribution in [1.82, 2.24) is 4.90 Å². The molecule has 164 valence electrons. The van der Waals surface area contributed by atoms with Crippen LogP contribution in [-0.2, 0) is 10.0 Å². The SMILES string of the molecule is Cc1cc2c(C)c(C(=O)N3CCCCC3)oc2c(S(=O)(=O)Nc2cccc(F)c2)c1C. The maximum atomic E-state index is 13.6. The van der Waals surface area contributed by atoms with Crippen molar-refractivity contribution in [3.05, 3.63) is 58.6 Å². The van der Waals surface area contributed by atoms with Gasteiger partial charge in [0.1, 0.15) is 10.7 Å². The van der Waals surface area contributed by atoms with Gasteiger partial charge in [0.25, 0.3) is 15.9 Å². The molecule has 0 spiro atoms. The first-order valence-corrected chi connectivity index (χ1v) is 11.8. The van der Waals surface area contributed by atoms with Gasteiger partial charge >= 0.3 is 0 Å². The van der Waals surface area contributed by atoms with Crippen molar-refractivity contribution in [2.24, 2.45) is 0 Å². The lowest BCUT2D eigenvalue weighted by Gasteiger charge is -2.25. The summed E-state index contributed by atoms with van der Waals surface area (Å²) in [5.74, 6) is -0.594. The first kappa shape index (κ1) is 21.4. The molecular formula is C23H25FN2O4S. The van der Waals surface area contributed by atoms with Crippen LogP contribution < -0.4 is 4.72 Å². The number of fused-ring (bicyclic) bond motifs is 1. The largest absolute Gasteiger partial charge is 0.449 e. The average Bonchev–Trinajstić information content (AvgIpc) is 3.04. The number of nitrogens with one attached hydrogen (secondary N) is 1. The van der Waals surface area contributed by atoms with Crippen LogP contribution in [0.4, 0.5) is 10.1 Å². The van der Waals surface area contributed by atoms with Gasteiger partial charge in [0.05, 0.1) is 5.69 Å². The highest BCUT2D eigenvalue weighted by atomic mass is 32.2. The van der Waals surface area contributed by atoms with Crippen molar-refractivity contribution in [2.45, 2.75) is 44.9 Å². The summed E-state index contributed by atoms with van der Waals surface area (Å²) in [5.41, 5.74) is 2.15. The van der Waals surface area contributed by atoms with E-state index in [-0.39, 0.29) is 27.8 Å². The molecule has 2 heterocycles. The first-order valence-electron chi connectivity index (χ1n) is 10.3. The van der Waals surface area contributed by atoms with Gasteiger partial charge in [0.2, 0.25) is 0 Å². The average molecular weight is 445 g/mol. The van der Waals surface area contributed by atoms with Crippen LogP contribution in [0.2, 0.25) is 0 Å². The Morgan fingerprint density at radius 2 is 1.77 bits per heavy atom. The van der Waals surface area contributed by atoms with Crippen molar-refractivity contribution >= 4 is 32.6 Å². The number of amides is 1. The van der Waals surface area contributed by atoms with Crippen molar-refractivity contribution in [1.29, 1.82) is 0 Å². The molecule has 6 nitrogen and oxygen atoms in total. The molecule has 1 saturated heterocycles. The molecule has 1 amide bonds. The van der Waals surface area contributed by atoms with Crippen LogP contribution in [0.1, 0.15) is 46.5 Å². The molecule has 31 heavy (non-hydrogen) atoms. The molecule has 1 N–H and O–H groups in total. The smallest absolute Gasteiger partial charge is 0.289 e. The minimum absolute atomic E-state index is 0.0347. The van der Waals surface area contributed by atoms with E-state index in [0.717, 1.165) is 30.9 Å². The number of rotatable bonds is 4. The third-order valence-corrected chi connectivity index (χ3v) is 7.41. The fraction of sp³-hybridized carbons (Fsp3) is 0.348. The zero-order valence-electron chi connectivity index (χ0n) is 17.8. The quantitative estimate of drug-likeness (QED) is 0.619. The molecule has 3 aromatic rings. The molecule has 1 aromatic heterocycles. The lowest BCUT2D eigenvalue weighted by molar-refractivity contribution is 0.0693. The number of piperidine rings is 1. The molecule has 1 fully saturated rings. The number of nitrogens with zero attached hydrogens (tertiary/aromatic N) is 1. The molecule has 0 saturated carbocycles. The highest BCUT2D eigenvalue weighted by Gasteiger charge is 2.30. The van der Waals surface area contributed by atoms with E-state index in [1.165, 1.54) is 18.2 Å². The number of halogens is 1. The number of carbonyl (C=O) groups is 1. The number of sulfonamides is 1. The second-order valence-electron chi connectivity index (χ2n) is 8.05. The number of benzene rings is 2. The van der Waals surface area contributed by atoms with Gasteiger partial charge in [0.15, 0.2) is 11.3 Å². The molecule has 0 bridgehead atoms. The highest BCUT2D eigenvalue weighted by Crippen LogP contribution is 2.36. The maximum Gasteiger partial charge on any atom is 0.289 e. The Morgan fingerprint density at radius 1 is 1.06 bits per heavy atom. The van der Waals surface area contributed by atoms with E-state index in [4.69, 9.17) is 4.42 Å². The molecule has 0 atom stereocenters. The normalized spacial score (nSPS) is 14.8. The van der Waals surface area contributed by atoms with E-state index < -0.39 is 15.8 Å². The number of aryl methyl sites for hydroxylation is 2. The third kappa shape index (κ3) is 3.92. The summed E-state index contributed by atoms with van der Waals surface area (Å²) in [6.07, 6.45) is 2.98. The lowest BCUT2D eigenvalue weighted by atomic mass is 10.0. The molecule has 0 unspecified atom stereocenters. The topological polar surface area (TPSA) is 79.6 Å². The van der Waals surface area contributed by atoms with Gasteiger partial charge in [-0.3, -0.25) is 9.52 Å². The third-order valence-electron chi connectivity index (χ3n) is 5.88. The molecule has 4 rings (SSSR count). The predicted octanol–water partition coefficient (Wildman–Crippen LogP) is 4.92.